The number of hydrogen-bond acceptors (Lipinski definition) is 3. The summed E-state index contributed by atoms with van der Waals surface area (Å²) in [5.74, 6) is -0.0993. The van der Waals surface area contributed by atoms with Gasteiger partial charge in [0, 0.05) is 20.0 Å². The van der Waals surface area contributed by atoms with Crippen molar-refractivity contribution in [3.63, 3.8) is 0 Å². The largest absolute Gasteiger partial charge is 0.347 e. The van der Waals surface area contributed by atoms with Gasteiger partial charge in [-0.05, 0) is 34.1 Å². The molecule has 3 nitrogen and oxygen atoms in total. The Morgan fingerprint density at radius 2 is 2.24 bits per heavy atom. The highest BCUT2D eigenvalue weighted by Gasteiger charge is 2.09. The normalized spacial score (nSPS) is 10.2. The number of rotatable bonds is 3. The Labute approximate surface area is 120 Å². The van der Waals surface area contributed by atoms with Gasteiger partial charge in [0.1, 0.15) is 0 Å². The first-order valence-corrected chi connectivity index (χ1v) is 7.24. The van der Waals surface area contributed by atoms with Crippen molar-refractivity contribution in [1.29, 1.82) is 0 Å². The molecule has 0 spiro atoms. The standard InChI is InChI=1S/C11H8Br2N2OS/c12-7-1-2-9(10(13)3-7)11(16)15-5-8-4-14-6-17-8/h1-4,6H,5H2,(H,15,16). The van der Waals surface area contributed by atoms with Crippen LogP contribution in [-0.2, 0) is 6.54 Å². The Hall–Kier alpha value is -0.720. The van der Waals surface area contributed by atoms with Gasteiger partial charge in [0.15, 0.2) is 0 Å². The lowest BCUT2D eigenvalue weighted by molar-refractivity contribution is 0.0950. The number of aromatic nitrogens is 1. The van der Waals surface area contributed by atoms with Crippen LogP contribution >= 0.6 is 43.2 Å². The van der Waals surface area contributed by atoms with Crippen LogP contribution in [0.3, 0.4) is 0 Å². The van der Waals surface area contributed by atoms with Crippen molar-refractivity contribution < 1.29 is 4.79 Å². The zero-order valence-electron chi connectivity index (χ0n) is 8.61. The lowest BCUT2D eigenvalue weighted by Crippen LogP contribution is -2.22. The van der Waals surface area contributed by atoms with Gasteiger partial charge in [0.05, 0.1) is 17.6 Å². The molecule has 0 aliphatic rings. The van der Waals surface area contributed by atoms with Crippen molar-refractivity contribution in [2.75, 3.05) is 0 Å². The minimum atomic E-state index is -0.0993. The second kappa shape index (κ2) is 5.75. The topological polar surface area (TPSA) is 42.0 Å². The minimum absolute atomic E-state index is 0.0993. The third-order valence-electron chi connectivity index (χ3n) is 2.08. The number of halogens is 2. The van der Waals surface area contributed by atoms with Gasteiger partial charge < -0.3 is 5.32 Å². The van der Waals surface area contributed by atoms with Gasteiger partial charge >= 0.3 is 0 Å². The van der Waals surface area contributed by atoms with E-state index in [1.54, 1.807) is 17.8 Å². The van der Waals surface area contributed by atoms with Crippen molar-refractivity contribution in [3.8, 4) is 0 Å². The molecule has 88 valence electrons. The van der Waals surface area contributed by atoms with Gasteiger partial charge in [0.2, 0.25) is 0 Å². The molecule has 1 aromatic carbocycles. The van der Waals surface area contributed by atoms with Gasteiger partial charge in [-0.1, -0.05) is 15.9 Å². The molecule has 0 aliphatic carbocycles. The van der Waals surface area contributed by atoms with Crippen molar-refractivity contribution in [2.24, 2.45) is 0 Å². The molecule has 2 rings (SSSR count). The lowest BCUT2D eigenvalue weighted by Gasteiger charge is -2.05. The second-order valence-corrected chi connectivity index (χ2v) is 6.02. The van der Waals surface area contributed by atoms with E-state index in [-0.39, 0.29) is 5.91 Å². The van der Waals surface area contributed by atoms with Crippen molar-refractivity contribution >= 4 is 49.1 Å². The third-order valence-corrected chi connectivity index (χ3v) is 4.01. The van der Waals surface area contributed by atoms with E-state index in [0.717, 1.165) is 13.8 Å². The van der Waals surface area contributed by atoms with Crippen LogP contribution in [0.15, 0.2) is 38.9 Å². The number of carbonyl (C=O) groups excluding carboxylic acids is 1. The Kier molecular flexibility index (Phi) is 4.31. The van der Waals surface area contributed by atoms with Crippen LogP contribution in [0.25, 0.3) is 0 Å². The summed E-state index contributed by atoms with van der Waals surface area (Å²) in [5.41, 5.74) is 2.37. The highest BCUT2D eigenvalue weighted by Crippen LogP contribution is 2.21. The summed E-state index contributed by atoms with van der Waals surface area (Å²) in [4.78, 5) is 16.9. The van der Waals surface area contributed by atoms with Crippen molar-refractivity contribution in [1.82, 2.24) is 10.3 Å². The van der Waals surface area contributed by atoms with Crippen LogP contribution in [0.2, 0.25) is 0 Å². The molecule has 0 fully saturated rings. The lowest BCUT2D eigenvalue weighted by atomic mass is 10.2. The molecule has 0 atom stereocenters. The molecular formula is C11H8Br2N2OS. The molecule has 1 aromatic heterocycles. The first-order valence-electron chi connectivity index (χ1n) is 4.77. The fourth-order valence-electron chi connectivity index (χ4n) is 1.27. The van der Waals surface area contributed by atoms with E-state index in [0.29, 0.717) is 12.1 Å². The van der Waals surface area contributed by atoms with Crippen molar-refractivity contribution in [3.05, 3.63) is 49.3 Å². The van der Waals surface area contributed by atoms with E-state index in [9.17, 15) is 4.79 Å². The van der Waals surface area contributed by atoms with Gasteiger partial charge in [-0.2, -0.15) is 0 Å². The zero-order chi connectivity index (χ0) is 12.3. The summed E-state index contributed by atoms with van der Waals surface area (Å²) in [5, 5.41) is 2.85. The maximum absolute atomic E-state index is 11.9. The maximum atomic E-state index is 11.9. The van der Waals surface area contributed by atoms with E-state index in [2.05, 4.69) is 42.2 Å². The highest BCUT2D eigenvalue weighted by molar-refractivity contribution is 9.11. The molecule has 17 heavy (non-hydrogen) atoms. The smallest absolute Gasteiger partial charge is 0.252 e. The molecule has 6 heteroatoms. The van der Waals surface area contributed by atoms with E-state index in [1.165, 1.54) is 11.3 Å². The van der Waals surface area contributed by atoms with E-state index >= 15 is 0 Å². The van der Waals surface area contributed by atoms with E-state index < -0.39 is 0 Å². The van der Waals surface area contributed by atoms with Crippen LogP contribution in [-0.4, -0.2) is 10.9 Å². The molecule has 1 heterocycles. The molecule has 0 aliphatic heterocycles. The molecule has 0 unspecified atom stereocenters. The van der Waals surface area contributed by atoms with Crippen LogP contribution in [0, 0.1) is 0 Å². The van der Waals surface area contributed by atoms with Crippen LogP contribution in [0.5, 0.6) is 0 Å². The summed E-state index contributed by atoms with van der Waals surface area (Å²) in [6, 6.07) is 5.46. The summed E-state index contributed by atoms with van der Waals surface area (Å²) >= 11 is 8.24. The summed E-state index contributed by atoms with van der Waals surface area (Å²) < 4.78 is 1.71. The van der Waals surface area contributed by atoms with E-state index in [1.807, 2.05) is 12.1 Å². The average molecular weight is 376 g/mol. The third kappa shape index (κ3) is 3.37. The molecular weight excluding hydrogens is 368 g/mol. The number of carbonyl (C=O) groups is 1. The van der Waals surface area contributed by atoms with Gasteiger partial charge in [-0.15, -0.1) is 11.3 Å². The fourth-order valence-corrected chi connectivity index (χ4v) is 3.03. The van der Waals surface area contributed by atoms with Crippen LogP contribution < -0.4 is 5.32 Å². The Balaban J connectivity index is 2.04. The molecule has 1 amide bonds. The van der Waals surface area contributed by atoms with Gasteiger partial charge in [-0.25, -0.2) is 0 Å². The van der Waals surface area contributed by atoms with Crippen molar-refractivity contribution in [2.45, 2.75) is 6.54 Å². The highest BCUT2D eigenvalue weighted by atomic mass is 79.9. The average Bonchev–Trinajstić information content (AvgIpc) is 2.78. The summed E-state index contributed by atoms with van der Waals surface area (Å²) in [7, 11) is 0. The zero-order valence-corrected chi connectivity index (χ0v) is 12.6. The SMILES string of the molecule is O=C(NCc1cncs1)c1ccc(Br)cc1Br. The molecule has 2 aromatic rings. The Bertz CT molecular complexity index is 528. The number of nitrogens with zero attached hydrogens (tertiary/aromatic N) is 1. The van der Waals surface area contributed by atoms with E-state index in [4.69, 9.17) is 0 Å². The number of thiazole rings is 1. The van der Waals surface area contributed by atoms with Gasteiger partial charge in [0.25, 0.3) is 5.91 Å². The summed E-state index contributed by atoms with van der Waals surface area (Å²) in [6.07, 6.45) is 1.75. The molecule has 0 radical (unpaired) electrons. The Morgan fingerprint density at radius 1 is 1.41 bits per heavy atom. The van der Waals surface area contributed by atoms with Gasteiger partial charge in [-0.3, -0.25) is 9.78 Å². The Morgan fingerprint density at radius 3 is 2.88 bits per heavy atom. The number of benzene rings is 1. The predicted molar refractivity (Wildman–Crippen MR) is 75.1 cm³/mol. The summed E-state index contributed by atoms with van der Waals surface area (Å²) in [6.45, 7) is 0.506. The quantitative estimate of drug-likeness (QED) is 0.890. The number of amides is 1. The molecule has 1 N–H and O–H groups in total. The van der Waals surface area contributed by atoms with Crippen LogP contribution in [0.1, 0.15) is 15.2 Å². The number of nitrogens with one attached hydrogen (secondary N) is 1. The first-order chi connectivity index (χ1) is 8.16. The predicted octanol–water partition coefficient (Wildman–Crippen LogP) is 3.60. The number of hydrogen-bond donors (Lipinski definition) is 1. The molecule has 0 saturated carbocycles. The maximum Gasteiger partial charge on any atom is 0.252 e. The fraction of sp³-hybridized carbons (Fsp3) is 0.0909. The monoisotopic (exact) mass is 374 g/mol. The minimum Gasteiger partial charge on any atom is -0.347 e. The molecule has 0 bridgehead atoms. The van der Waals surface area contributed by atoms with Crippen LogP contribution in [0.4, 0.5) is 0 Å². The first kappa shape index (κ1) is 12.7. The second-order valence-electron chi connectivity index (χ2n) is 3.27. The molecule has 0 saturated heterocycles.